The lowest BCUT2D eigenvalue weighted by Gasteiger charge is -2.47. The van der Waals surface area contributed by atoms with Crippen LogP contribution in [0.25, 0.3) is 0 Å². The molecule has 1 saturated carbocycles. The minimum absolute atomic E-state index is 0.0604. The Bertz CT molecular complexity index is 513. The summed E-state index contributed by atoms with van der Waals surface area (Å²) >= 11 is 0. The lowest BCUT2D eigenvalue weighted by molar-refractivity contribution is -0.0886. The van der Waals surface area contributed by atoms with Crippen molar-refractivity contribution in [3.63, 3.8) is 0 Å². The topological polar surface area (TPSA) is 49.8 Å². The van der Waals surface area contributed by atoms with Crippen LogP contribution < -0.4 is 4.74 Å². The van der Waals surface area contributed by atoms with Crippen LogP contribution in [0.2, 0.25) is 0 Å². The van der Waals surface area contributed by atoms with Gasteiger partial charge in [0.15, 0.2) is 0 Å². The van der Waals surface area contributed by atoms with E-state index in [4.69, 9.17) is 4.74 Å². The van der Waals surface area contributed by atoms with Crippen LogP contribution in [0, 0.1) is 5.92 Å². The predicted octanol–water partition coefficient (Wildman–Crippen LogP) is 2.46. The summed E-state index contributed by atoms with van der Waals surface area (Å²) in [6.07, 6.45) is 4.90. The van der Waals surface area contributed by atoms with Gasteiger partial charge in [-0.2, -0.15) is 0 Å². The molecule has 0 aromatic heterocycles. The smallest absolute Gasteiger partial charge is 0.253 e. The van der Waals surface area contributed by atoms with Crippen molar-refractivity contribution in [2.45, 2.75) is 37.7 Å². The molecule has 0 radical (unpaired) electrons. The lowest BCUT2D eigenvalue weighted by Crippen LogP contribution is -2.54. The van der Waals surface area contributed by atoms with Crippen LogP contribution in [-0.2, 0) is 0 Å². The van der Waals surface area contributed by atoms with E-state index >= 15 is 0 Å². The zero-order chi connectivity index (χ0) is 14.9. The number of ether oxygens (including phenoxy) is 1. The molecule has 1 aliphatic heterocycles. The molecule has 1 amide bonds. The third kappa shape index (κ3) is 2.77. The molecule has 0 spiro atoms. The largest absolute Gasteiger partial charge is 0.497 e. The van der Waals surface area contributed by atoms with Crippen molar-refractivity contribution in [1.29, 1.82) is 0 Å². The van der Waals surface area contributed by atoms with Gasteiger partial charge in [0.2, 0.25) is 0 Å². The van der Waals surface area contributed by atoms with Gasteiger partial charge in [-0.05, 0) is 43.5 Å². The van der Waals surface area contributed by atoms with E-state index in [2.05, 4.69) is 0 Å². The lowest BCUT2D eigenvalue weighted by atomic mass is 9.71. The van der Waals surface area contributed by atoms with Crippen molar-refractivity contribution in [1.82, 2.24) is 4.90 Å². The van der Waals surface area contributed by atoms with E-state index < -0.39 is 5.60 Å². The standard InChI is InChI=1S/C17H23NO3/c1-21-15-7-5-13(6-8-15)16(19)18-11-10-17(20)9-3-2-4-14(17)12-18/h5-8,14,20H,2-4,9-12H2,1H3. The summed E-state index contributed by atoms with van der Waals surface area (Å²) in [5.74, 6) is 1.05. The van der Waals surface area contributed by atoms with Crippen molar-refractivity contribution >= 4 is 5.91 Å². The van der Waals surface area contributed by atoms with Gasteiger partial charge < -0.3 is 14.7 Å². The highest BCUT2D eigenvalue weighted by Crippen LogP contribution is 2.40. The highest BCUT2D eigenvalue weighted by Gasteiger charge is 2.43. The number of nitrogens with zero attached hydrogens (tertiary/aromatic N) is 1. The molecular weight excluding hydrogens is 266 g/mol. The number of rotatable bonds is 2. The van der Waals surface area contributed by atoms with E-state index in [9.17, 15) is 9.90 Å². The van der Waals surface area contributed by atoms with Gasteiger partial charge in [0.1, 0.15) is 5.75 Å². The minimum Gasteiger partial charge on any atom is -0.497 e. The van der Waals surface area contributed by atoms with Gasteiger partial charge in [-0.1, -0.05) is 12.8 Å². The van der Waals surface area contributed by atoms with E-state index in [1.54, 1.807) is 7.11 Å². The second-order valence-electron chi connectivity index (χ2n) is 6.28. The fourth-order valence-electron chi connectivity index (χ4n) is 3.67. The molecule has 1 N–H and O–H groups in total. The maximum Gasteiger partial charge on any atom is 0.253 e. The van der Waals surface area contributed by atoms with Crippen LogP contribution in [0.1, 0.15) is 42.5 Å². The van der Waals surface area contributed by atoms with E-state index in [1.165, 1.54) is 0 Å². The van der Waals surface area contributed by atoms with E-state index in [1.807, 2.05) is 29.2 Å². The molecule has 2 atom stereocenters. The molecule has 1 heterocycles. The molecule has 1 aromatic rings. The van der Waals surface area contributed by atoms with Gasteiger partial charge >= 0.3 is 0 Å². The number of carbonyl (C=O) groups excluding carboxylic acids is 1. The summed E-state index contributed by atoms with van der Waals surface area (Å²) in [5, 5.41) is 10.7. The van der Waals surface area contributed by atoms with Gasteiger partial charge in [-0.3, -0.25) is 4.79 Å². The molecule has 4 heteroatoms. The van der Waals surface area contributed by atoms with Crippen molar-refractivity contribution in [2.75, 3.05) is 20.2 Å². The quantitative estimate of drug-likeness (QED) is 0.910. The van der Waals surface area contributed by atoms with Crippen LogP contribution in [-0.4, -0.2) is 41.7 Å². The number of aliphatic hydroxyl groups is 1. The van der Waals surface area contributed by atoms with E-state index in [0.29, 0.717) is 25.1 Å². The molecule has 3 rings (SSSR count). The predicted molar refractivity (Wildman–Crippen MR) is 80.4 cm³/mol. The second kappa shape index (κ2) is 5.68. The van der Waals surface area contributed by atoms with E-state index in [-0.39, 0.29) is 11.8 Å². The number of piperidine rings is 1. The zero-order valence-corrected chi connectivity index (χ0v) is 12.5. The first-order chi connectivity index (χ1) is 10.1. The number of fused-ring (bicyclic) bond motifs is 1. The summed E-state index contributed by atoms with van der Waals surface area (Å²) in [5.41, 5.74) is 0.159. The van der Waals surface area contributed by atoms with Crippen molar-refractivity contribution in [2.24, 2.45) is 5.92 Å². The molecule has 1 saturated heterocycles. The normalized spacial score (nSPS) is 28.9. The Kier molecular flexibility index (Phi) is 3.89. The highest BCUT2D eigenvalue weighted by atomic mass is 16.5. The van der Waals surface area contributed by atoms with Gasteiger partial charge in [0.25, 0.3) is 5.91 Å². The average Bonchev–Trinajstić information content (AvgIpc) is 2.53. The Morgan fingerprint density at radius 2 is 2.05 bits per heavy atom. The molecule has 114 valence electrons. The third-order valence-corrected chi connectivity index (χ3v) is 5.05. The number of benzene rings is 1. The molecule has 2 fully saturated rings. The van der Waals surface area contributed by atoms with Crippen LogP contribution in [0.5, 0.6) is 5.75 Å². The van der Waals surface area contributed by atoms with Crippen LogP contribution in [0.4, 0.5) is 0 Å². The fourth-order valence-corrected chi connectivity index (χ4v) is 3.67. The van der Waals surface area contributed by atoms with Crippen molar-refractivity contribution in [3.8, 4) is 5.75 Å². The fraction of sp³-hybridized carbons (Fsp3) is 0.588. The van der Waals surface area contributed by atoms with Crippen LogP contribution in [0.15, 0.2) is 24.3 Å². The monoisotopic (exact) mass is 289 g/mol. The summed E-state index contributed by atoms with van der Waals surface area (Å²) in [6, 6.07) is 7.24. The SMILES string of the molecule is COc1ccc(C(=O)N2CCC3(O)CCCCC3C2)cc1. The first kappa shape index (κ1) is 14.4. The zero-order valence-electron chi connectivity index (χ0n) is 12.5. The average molecular weight is 289 g/mol. The Morgan fingerprint density at radius 3 is 2.76 bits per heavy atom. The molecule has 1 aliphatic carbocycles. The third-order valence-electron chi connectivity index (χ3n) is 5.05. The number of likely N-dealkylation sites (tertiary alicyclic amines) is 1. The molecule has 21 heavy (non-hydrogen) atoms. The van der Waals surface area contributed by atoms with Crippen LogP contribution in [0.3, 0.4) is 0 Å². The number of amides is 1. The van der Waals surface area contributed by atoms with Crippen molar-refractivity contribution < 1.29 is 14.6 Å². The maximum atomic E-state index is 12.6. The molecule has 4 nitrogen and oxygen atoms in total. The van der Waals surface area contributed by atoms with Crippen LogP contribution >= 0.6 is 0 Å². The molecule has 2 unspecified atom stereocenters. The van der Waals surface area contributed by atoms with E-state index in [0.717, 1.165) is 31.4 Å². The Hall–Kier alpha value is -1.55. The second-order valence-corrected chi connectivity index (χ2v) is 6.28. The highest BCUT2D eigenvalue weighted by molar-refractivity contribution is 5.94. The summed E-state index contributed by atoms with van der Waals surface area (Å²) in [4.78, 5) is 14.5. The first-order valence-electron chi connectivity index (χ1n) is 7.78. The summed E-state index contributed by atoms with van der Waals surface area (Å²) in [7, 11) is 1.62. The van der Waals surface area contributed by atoms with Crippen molar-refractivity contribution in [3.05, 3.63) is 29.8 Å². The Labute approximate surface area is 125 Å². The summed E-state index contributed by atoms with van der Waals surface area (Å²) < 4.78 is 5.12. The Morgan fingerprint density at radius 1 is 1.29 bits per heavy atom. The van der Waals surface area contributed by atoms with Gasteiger partial charge in [-0.25, -0.2) is 0 Å². The minimum atomic E-state index is -0.533. The van der Waals surface area contributed by atoms with Gasteiger partial charge in [-0.15, -0.1) is 0 Å². The number of carbonyl (C=O) groups is 1. The molecule has 2 aliphatic rings. The molecule has 0 bridgehead atoms. The molecule has 1 aromatic carbocycles. The number of hydrogen-bond acceptors (Lipinski definition) is 3. The summed E-state index contributed by atoms with van der Waals surface area (Å²) in [6.45, 7) is 1.33. The Balaban J connectivity index is 1.70. The number of hydrogen-bond donors (Lipinski definition) is 1. The molecular formula is C17H23NO3. The van der Waals surface area contributed by atoms with Gasteiger partial charge in [0, 0.05) is 24.6 Å². The van der Waals surface area contributed by atoms with Gasteiger partial charge in [0.05, 0.1) is 12.7 Å². The number of methoxy groups -OCH3 is 1. The first-order valence-corrected chi connectivity index (χ1v) is 7.78. The maximum absolute atomic E-state index is 12.6.